The van der Waals surface area contributed by atoms with Crippen LogP contribution in [-0.2, 0) is 6.54 Å². The van der Waals surface area contributed by atoms with Crippen molar-refractivity contribution in [1.82, 2.24) is 24.9 Å². The van der Waals surface area contributed by atoms with E-state index in [-0.39, 0.29) is 0 Å². The van der Waals surface area contributed by atoms with Gasteiger partial charge in [-0.1, -0.05) is 35.3 Å². The molecule has 0 saturated carbocycles. The number of aromatic amines is 1. The van der Waals surface area contributed by atoms with Crippen molar-refractivity contribution < 1.29 is 0 Å². The third-order valence-corrected chi connectivity index (χ3v) is 4.07. The van der Waals surface area contributed by atoms with Gasteiger partial charge in [-0.3, -0.25) is 0 Å². The zero-order chi connectivity index (χ0) is 17.2. The third kappa shape index (κ3) is 3.40. The lowest BCUT2D eigenvalue weighted by Crippen LogP contribution is -2.02. The van der Waals surface area contributed by atoms with E-state index in [0.717, 1.165) is 11.1 Å². The number of hydrogen-bond acceptors (Lipinski definition) is 5. The van der Waals surface area contributed by atoms with Gasteiger partial charge in [-0.15, -0.1) is 0 Å². The maximum Gasteiger partial charge on any atom is 0.165 e. The Hall–Kier alpha value is -2.70. The quantitative estimate of drug-likeness (QED) is 0.558. The first kappa shape index (κ1) is 15.8. The predicted octanol–water partition coefficient (Wildman–Crippen LogP) is 4.33. The molecule has 0 unspecified atom stereocenters. The molecule has 1 aromatic carbocycles. The maximum atomic E-state index is 5.94. The second kappa shape index (κ2) is 6.66. The molecular weight excluding hydrogens is 359 g/mol. The molecule has 2 N–H and O–H groups in total. The first-order chi connectivity index (χ1) is 12.2. The normalized spacial score (nSPS) is 11.0. The molecule has 6 nitrogen and oxygen atoms in total. The molecule has 0 atom stereocenters. The van der Waals surface area contributed by atoms with Crippen LogP contribution in [0.15, 0.2) is 48.9 Å². The van der Waals surface area contributed by atoms with E-state index >= 15 is 0 Å². The van der Waals surface area contributed by atoms with Crippen LogP contribution >= 0.6 is 23.2 Å². The number of rotatable bonds is 4. The predicted molar refractivity (Wildman–Crippen MR) is 98.7 cm³/mol. The van der Waals surface area contributed by atoms with Crippen molar-refractivity contribution in [2.24, 2.45) is 0 Å². The molecule has 3 aromatic heterocycles. The average molecular weight is 371 g/mol. The number of H-pyrrole nitrogens is 1. The Morgan fingerprint density at radius 1 is 1.00 bits per heavy atom. The number of anilines is 1. The lowest BCUT2D eigenvalue weighted by Gasteiger charge is -2.07. The molecule has 3 heterocycles. The van der Waals surface area contributed by atoms with Crippen LogP contribution in [0.5, 0.6) is 0 Å². The van der Waals surface area contributed by atoms with Crippen molar-refractivity contribution >= 4 is 40.2 Å². The SMILES string of the molecule is Clc1ccc(CNc2ccnc(-c3c[nH]c4ncc(Cl)nc34)n2)cc1. The van der Waals surface area contributed by atoms with Gasteiger partial charge in [-0.25, -0.2) is 19.9 Å². The Balaban J connectivity index is 1.60. The summed E-state index contributed by atoms with van der Waals surface area (Å²) in [6.45, 7) is 0.632. The van der Waals surface area contributed by atoms with Crippen molar-refractivity contribution in [1.29, 1.82) is 0 Å². The number of benzene rings is 1. The summed E-state index contributed by atoms with van der Waals surface area (Å²) in [5, 5.41) is 4.32. The smallest absolute Gasteiger partial charge is 0.165 e. The topological polar surface area (TPSA) is 79.4 Å². The molecule has 0 fully saturated rings. The van der Waals surface area contributed by atoms with Crippen LogP contribution in [0.2, 0.25) is 10.2 Å². The molecule has 124 valence electrons. The van der Waals surface area contributed by atoms with E-state index in [0.29, 0.717) is 39.5 Å². The van der Waals surface area contributed by atoms with E-state index in [1.54, 1.807) is 12.4 Å². The summed E-state index contributed by atoms with van der Waals surface area (Å²) in [4.78, 5) is 20.4. The minimum absolute atomic E-state index is 0.324. The lowest BCUT2D eigenvalue weighted by atomic mass is 10.2. The number of aromatic nitrogens is 5. The van der Waals surface area contributed by atoms with Crippen LogP contribution in [0.4, 0.5) is 5.82 Å². The summed E-state index contributed by atoms with van der Waals surface area (Å²) in [5.41, 5.74) is 3.14. The van der Waals surface area contributed by atoms with Gasteiger partial charge in [0.15, 0.2) is 11.5 Å². The summed E-state index contributed by atoms with van der Waals surface area (Å²) in [5.74, 6) is 1.26. The van der Waals surface area contributed by atoms with Crippen LogP contribution in [0.3, 0.4) is 0 Å². The Labute approximate surface area is 153 Å². The average Bonchev–Trinajstić information content (AvgIpc) is 3.04. The fourth-order valence-electron chi connectivity index (χ4n) is 2.42. The Morgan fingerprint density at radius 2 is 1.84 bits per heavy atom. The highest BCUT2D eigenvalue weighted by molar-refractivity contribution is 6.30. The number of hydrogen-bond donors (Lipinski definition) is 2. The van der Waals surface area contributed by atoms with E-state index in [4.69, 9.17) is 23.2 Å². The van der Waals surface area contributed by atoms with E-state index in [1.165, 1.54) is 6.20 Å². The van der Waals surface area contributed by atoms with Gasteiger partial charge in [-0.05, 0) is 23.8 Å². The molecule has 0 aliphatic rings. The van der Waals surface area contributed by atoms with Crippen molar-refractivity contribution in [3.63, 3.8) is 0 Å². The van der Waals surface area contributed by atoms with Gasteiger partial charge < -0.3 is 10.3 Å². The van der Waals surface area contributed by atoms with E-state index in [1.807, 2.05) is 30.3 Å². The van der Waals surface area contributed by atoms with E-state index in [2.05, 4.69) is 30.2 Å². The standard InChI is InChI=1S/C17H12Cl2N6/c18-11-3-1-10(2-4-11)7-21-14-5-6-20-16(25-14)12-8-22-17-15(12)24-13(19)9-23-17/h1-6,8-9H,7H2,(H,22,23)(H,20,21,25). The zero-order valence-corrected chi connectivity index (χ0v) is 14.4. The number of nitrogens with zero attached hydrogens (tertiary/aromatic N) is 4. The highest BCUT2D eigenvalue weighted by Gasteiger charge is 2.12. The maximum absolute atomic E-state index is 5.94. The summed E-state index contributed by atoms with van der Waals surface area (Å²) < 4.78 is 0. The molecule has 0 radical (unpaired) electrons. The molecule has 0 aliphatic heterocycles. The molecule has 0 bridgehead atoms. The fraction of sp³-hybridized carbons (Fsp3) is 0.0588. The molecule has 0 spiro atoms. The van der Waals surface area contributed by atoms with E-state index in [9.17, 15) is 0 Å². The van der Waals surface area contributed by atoms with E-state index < -0.39 is 0 Å². The molecule has 25 heavy (non-hydrogen) atoms. The summed E-state index contributed by atoms with van der Waals surface area (Å²) >= 11 is 11.8. The second-order valence-electron chi connectivity index (χ2n) is 5.34. The van der Waals surface area contributed by atoms with Crippen LogP contribution in [0.25, 0.3) is 22.6 Å². The van der Waals surface area contributed by atoms with Crippen molar-refractivity contribution in [2.75, 3.05) is 5.32 Å². The van der Waals surface area contributed by atoms with Crippen LogP contribution in [0.1, 0.15) is 5.56 Å². The molecule has 0 aliphatic carbocycles. The van der Waals surface area contributed by atoms with Gasteiger partial charge in [0, 0.05) is 24.0 Å². The Kier molecular flexibility index (Phi) is 4.21. The molecule has 0 amide bonds. The highest BCUT2D eigenvalue weighted by Crippen LogP contribution is 2.25. The Bertz CT molecular complexity index is 1030. The van der Waals surface area contributed by atoms with Gasteiger partial charge in [0.2, 0.25) is 0 Å². The van der Waals surface area contributed by atoms with Gasteiger partial charge in [0.05, 0.1) is 11.8 Å². The molecule has 0 saturated heterocycles. The molecule has 4 rings (SSSR count). The lowest BCUT2D eigenvalue weighted by molar-refractivity contribution is 1.09. The van der Waals surface area contributed by atoms with Gasteiger partial charge in [0.1, 0.15) is 16.5 Å². The largest absolute Gasteiger partial charge is 0.366 e. The first-order valence-electron chi connectivity index (χ1n) is 7.50. The molecule has 4 aromatic rings. The number of halogens is 2. The fourth-order valence-corrected chi connectivity index (χ4v) is 2.68. The van der Waals surface area contributed by atoms with Crippen molar-refractivity contribution in [3.05, 3.63) is 64.7 Å². The highest BCUT2D eigenvalue weighted by atomic mass is 35.5. The van der Waals surface area contributed by atoms with Crippen LogP contribution in [-0.4, -0.2) is 24.9 Å². The summed E-state index contributed by atoms with van der Waals surface area (Å²) in [7, 11) is 0. The second-order valence-corrected chi connectivity index (χ2v) is 6.16. The van der Waals surface area contributed by atoms with Crippen molar-refractivity contribution in [3.8, 4) is 11.4 Å². The monoisotopic (exact) mass is 370 g/mol. The van der Waals surface area contributed by atoms with Crippen LogP contribution in [0, 0.1) is 0 Å². The van der Waals surface area contributed by atoms with Crippen LogP contribution < -0.4 is 5.32 Å². The zero-order valence-electron chi connectivity index (χ0n) is 12.9. The molecule has 8 heteroatoms. The first-order valence-corrected chi connectivity index (χ1v) is 8.26. The number of nitrogens with one attached hydrogen (secondary N) is 2. The summed E-state index contributed by atoms with van der Waals surface area (Å²) in [6.07, 6.45) is 4.97. The third-order valence-electron chi connectivity index (χ3n) is 3.63. The van der Waals surface area contributed by atoms with Crippen molar-refractivity contribution in [2.45, 2.75) is 6.54 Å². The minimum Gasteiger partial charge on any atom is -0.366 e. The Morgan fingerprint density at radius 3 is 2.68 bits per heavy atom. The molecular formula is C17H12Cl2N6. The van der Waals surface area contributed by atoms with Gasteiger partial charge >= 0.3 is 0 Å². The van der Waals surface area contributed by atoms with Gasteiger partial charge in [-0.2, -0.15) is 0 Å². The van der Waals surface area contributed by atoms with Gasteiger partial charge in [0.25, 0.3) is 0 Å². The minimum atomic E-state index is 0.324. The number of fused-ring (bicyclic) bond motifs is 1. The summed E-state index contributed by atoms with van der Waals surface area (Å²) in [6, 6.07) is 9.47.